The summed E-state index contributed by atoms with van der Waals surface area (Å²) < 4.78 is 3.28. The van der Waals surface area contributed by atoms with Gasteiger partial charge in [-0.05, 0) is 45.0 Å². The van der Waals surface area contributed by atoms with Gasteiger partial charge in [0, 0.05) is 42.3 Å². The quantitative estimate of drug-likeness (QED) is 0.522. The molecule has 0 saturated heterocycles. The van der Waals surface area contributed by atoms with E-state index in [1.54, 1.807) is 50.0 Å². The molecular formula is C23H23N7O2. The third kappa shape index (κ3) is 4.18. The van der Waals surface area contributed by atoms with Crippen molar-refractivity contribution in [2.24, 2.45) is 7.05 Å². The molecule has 4 rings (SSSR count). The van der Waals surface area contributed by atoms with Crippen LogP contribution in [0.3, 0.4) is 0 Å². The van der Waals surface area contributed by atoms with Gasteiger partial charge in [0.15, 0.2) is 5.82 Å². The van der Waals surface area contributed by atoms with Gasteiger partial charge in [0.25, 0.3) is 11.5 Å². The average molecular weight is 429 g/mol. The second-order valence-corrected chi connectivity index (χ2v) is 7.76. The predicted molar refractivity (Wildman–Crippen MR) is 121 cm³/mol. The van der Waals surface area contributed by atoms with Gasteiger partial charge < -0.3 is 14.5 Å². The maximum atomic E-state index is 13.0. The van der Waals surface area contributed by atoms with Crippen molar-refractivity contribution in [1.29, 1.82) is 0 Å². The molecule has 0 spiro atoms. The molecule has 0 saturated carbocycles. The van der Waals surface area contributed by atoms with E-state index in [-0.39, 0.29) is 11.6 Å². The summed E-state index contributed by atoms with van der Waals surface area (Å²) in [6, 6.07) is 10.7. The fourth-order valence-electron chi connectivity index (χ4n) is 3.29. The number of aryl methyl sites for hydroxylation is 2. The highest BCUT2D eigenvalue weighted by molar-refractivity contribution is 6.04. The molecule has 4 heterocycles. The first-order chi connectivity index (χ1) is 15.3. The van der Waals surface area contributed by atoms with E-state index in [1.165, 1.54) is 4.57 Å². The smallest absolute Gasteiger partial charge is 0.263 e. The monoisotopic (exact) mass is 429 g/mol. The molecule has 1 N–H and O–H groups in total. The SMILES string of the molecule is Cc1ccc(-c2cc(C(=O)Nc3cccc(-c4nncn4C(C)C)n3)c(=O)n(C)c2)cn1. The summed E-state index contributed by atoms with van der Waals surface area (Å²) in [5.74, 6) is 0.374. The van der Waals surface area contributed by atoms with Crippen molar-refractivity contribution in [3.8, 4) is 22.6 Å². The Morgan fingerprint density at radius 1 is 1.12 bits per heavy atom. The van der Waals surface area contributed by atoms with Crippen LogP contribution in [0.15, 0.2) is 59.9 Å². The number of aromatic nitrogens is 6. The van der Waals surface area contributed by atoms with Crippen LogP contribution in [0.4, 0.5) is 5.82 Å². The van der Waals surface area contributed by atoms with Crippen LogP contribution in [-0.2, 0) is 7.05 Å². The van der Waals surface area contributed by atoms with Gasteiger partial charge in [-0.3, -0.25) is 14.6 Å². The van der Waals surface area contributed by atoms with Gasteiger partial charge in [0.05, 0.1) is 0 Å². The molecule has 1 amide bonds. The topological polar surface area (TPSA) is 108 Å². The number of hydrogen-bond acceptors (Lipinski definition) is 6. The van der Waals surface area contributed by atoms with E-state index in [0.29, 0.717) is 17.3 Å². The Kier molecular flexibility index (Phi) is 5.63. The largest absolute Gasteiger partial charge is 0.317 e. The first kappa shape index (κ1) is 21.1. The van der Waals surface area contributed by atoms with Gasteiger partial charge in [-0.15, -0.1) is 10.2 Å². The molecule has 0 unspecified atom stereocenters. The molecule has 0 bridgehead atoms. The van der Waals surface area contributed by atoms with Crippen LogP contribution in [0.1, 0.15) is 35.9 Å². The molecule has 9 heteroatoms. The number of rotatable bonds is 5. The summed E-state index contributed by atoms with van der Waals surface area (Å²) in [4.78, 5) is 34.4. The lowest BCUT2D eigenvalue weighted by molar-refractivity contribution is 0.102. The van der Waals surface area contributed by atoms with Crippen molar-refractivity contribution >= 4 is 11.7 Å². The van der Waals surface area contributed by atoms with E-state index in [2.05, 4.69) is 25.5 Å². The van der Waals surface area contributed by atoms with E-state index >= 15 is 0 Å². The minimum absolute atomic E-state index is 0.0168. The van der Waals surface area contributed by atoms with E-state index in [4.69, 9.17) is 0 Å². The Bertz CT molecular complexity index is 1340. The number of carbonyl (C=O) groups is 1. The number of anilines is 1. The molecule has 0 aliphatic heterocycles. The minimum atomic E-state index is -0.539. The van der Waals surface area contributed by atoms with Crippen molar-refractivity contribution in [3.05, 3.63) is 76.7 Å². The lowest BCUT2D eigenvalue weighted by Gasteiger charge is -2.11. The molecule has 9 nitrogen and oxygen atoms in total. The first-order valence-corrected chi connectivity index (χ1v) is 10.2. The molecule has 0 atom stereocenters. The fraction of sp³-hybridized carbons (Fsp3) is 0.217. The van der Waals surface area contributed by atoms with Crippen molar-refractivity contribution in [2.75, 3.05) is 5.32 Å². The Morgan fingerprint density at radius 2 is 1.94 bits per heavy atom. The maximum Gasteiger partial charge on any atom is 0.263 e. The molecule has 0 aromatic carbocycles. The van der Waals surface area contributed by atoms with E-state index in [1.807, 2.05) is 37.5 Å². The van der Waals surface area contributed by atoms with Crippen LogP contribution < -0.4 is 10.9 Å². The van der Waals surface area contributed by atoms with Gasteiger partial charge in [0.2, 0.25) is 0 Å². The van der Waals surface area contributed by atoms with Crippen molar-refractivity contribution < 1.29 is 4.79 Å². The number of carbonyl (C=O) groups excluding carboxylic acids is 1. The number of hydrogen-bond donors (Lipinski definition) is 1. The zero-order chi connectivity index (χ0) is 22.8. The second kappa shape index (κ2) is 8.54. The summed E-state index contributed by atoms with van der Waals surface area (Å²) in [5, 5.41) is 10.8. The van der Waals surface area contributed by atoms with Gasteiger partial charge in [-0.2, -0.15) is 0 Å². The zero-order valence-corrected chi connectivity index (χ0v) is 18.3. The minimum Gasteiger partial charge on any atom is -0.317 e. The van der Waals surface area contributed by atoms with Crippen LogP contribution in [0, 0.1) is 6.92 Å². The second-order valence-electron chi connectivity index (χ2n) is 7.76. The molecule has 162 valence electrons. The third-order valence-corrected chi connectivity index (χ3v) is 5.02. The number of pyridine rings is 3. The normalized spacial score (nSPS) is 11.0. The molecular weight excluding hydrogens is 406 g/mol. The summed E-state index contributed by atoms with van der Waals surface area (Å²) in [6.45, 7) is 5.93. The highest BCUT2D eigenvalue weighted by Crippen LogP contribution is 2.21. The van der Waals surface area contributed by atoms with Gasteiger partial charge in [-0.1, -0.05) is 12.1 Å². The standard InChI is InChI=1S/C23H23N7O2/c1-14(2)30-13-25-28-21(30)19-6-5-7-20(26-19)27-22(31)18-10-17(12-29(4)23(18)32)16-9-8-15(3)24-11-16/h5-14H,1-4H3,(H,26,27,31). The van der Waals surface area contributed by atoms with Crippen LogP contribution in [0.25, 0.3) is 22.6 Å². The number of amides is 1. The summed E-state index contributed by atoms with van der Waals surface area (Å²) in [7, 11) is 1.61. The lowest BCUT2D eigenvalue weighted by atomic mass is 10.1. The van der Waals surface area contributed by atoms with Crippen LogP contribution in [0.5, 0.6) is 0 Å². The van der Waals surface area contributed by atoms with Crippen molar-refractivity contribution in [1.82, 2.24) is 29.3 Å². The number of nitrogens with one attached hydrogen (secondary N) is 1. The zero-order valence-electron chi connectivity index (χ0n) is 18.3. The van der Waals surface area contributed by atoms with Crippen molar-refractivity contribution in [3.63, 3.8) is 0 Å². The average Bonchev–Trinajstić information content (AvgIpc) is 3.27. The molecule has 4 aromatic rings. The van der Waals surface area contributed by atoms with Gasteiger partial charge >= 0.3 is 0 Å². The van der Waals surface area contributed by atoms with Crippen LogP contribution in [0.2, 0.25) is 0 Å². The van der Waals surface area contributed by atoms with Gasteiger partial charge in [0.1, 0.15) is 23.4 Å². The third-order valence-electron chi connectivity index (χ3n) is 5.02. The summed E-state index contributed by atoms with van der Waals surface area (Å²) in [5.41, 5.74) is 2.60. The van der Waals surface area contributed by atoms with Crippen molar-refractivity contribution in [2.45, 2.75) is 26.8 Å². The number of nitrogens with zero attached hydrogens (tertiary/aromatic N) is 6. The Labute approximate surface area is 184 Å². The highest BCUT2D eigenvalue weighted by Gasteiger charge is 2.17. The summed E-state index contributed by atoms with van der Waals surface area (Å²) in [6.07, 6.45) is 5.04. The Balaban J connectivity index is 1.65. The molecule has 0 aliphatic rings. The molecule has 0 radical (unpaired) electrons. The fourth-order valence-corrected chi connectivity index (χ4v) is 3.29. The molecule has 4 aromatic heterocycles. The van der Waals surface area contributed by atoms with E-state index < -0.39 is 11.5 Å². The Hall–Kier alpha value is -4.14. The Morgan fingerprint density at radius 3 is 2.66 bits per heavy atom. The maximum absolute atomic E-state index is 13.0. The van der Waals surface area contributed by atoms with E-state index in [0.717, 1.165) is 16.8 Å². The summed E-state index contributed by atoms with van der Waals surface area (Å²) >= 11 is 0. The van der Waals surface area contributed by atoms with Crippen LogP contribution in [-0.4, -0.2) is 35.2 Å². The molecule has 0 aliphatic carbocycles. The lowest BCUT2D eigenvalue weighted by Crippen LogP contribution is -2.27. The molecule has 32 heavy (non-hydrogen) atoms. The first-order valence-electron chi connectivity index (χ1n) is 10.2. The van der Waals surface area contributed by atoms with E-state index in [9.17, 15) is 9.59 Å². The predicted octanol–water partition coefficient (Wildman–Crippen LogP) is 3.24. The molecule has 0 fully saturated rings. The highest BCUT2D eigenvalue weighted by atomic mass is 16.2. The van der Waals surface area contributed by atoms with Crippen LogP contribution >= 0.6 is 0 Å². The van der Waals surface area contributed by atoms with Gasteiger partial charge in [-0.25, -0.2) is 4.98 Å².